The van der Waals surface area contributed by atoms with Crippen LogP contribution in [-0.2, 0) is 0 Å². The first kappa shape index (κ1) is 11.4. The molecule has 1 atom stereocenters. The van der Waals surface area contributed by atoms with E-state index in [4.69, 9.17) is 0 Å². The predicted octanol–water partition coefficient (Wildman–Crippen LogP) is 3.57. The van der Waals surface area contributed by atoms with E-state index in [9.17, 15) is 0 Å². The van der Waals surface area contributed by atoms with Gasteiger partial charge in [-0.2, -0.15) is 0 Å². The molecule has 0 saturated carbocycles. The van der Waals surface area contributed by atoms with Crippen LogP contribution < -0.4 is 0 Å². The summed E-state index contributed by atoms with van der Waals surface area (Å²) in [5, 5.41) is 0. The molecule has 1 unspecified atom stereocenters. The Hall–Kier alpha value is -1.08. The quantitative estimate of drug-likeness (QED) is 0.745. The molecule has 1 heterocycles. The molecule has 0 aliphatic carbocycles. The molecule has 0 amide bonds. The predicted molar refractivity (Wildman–Crippen MR) is 70.4 cm³/mol. The van der Waals surface area contributed by atoms with Gasteiger partial charge in [-0.05, 0) is 50.9 Å². The molecule has 16 heavy (non-hydrogen) atoms. The minimum absolute atomic E-state index is 0.572. The van der Waals surface area contributed by atoms with Gasteiger partial charge in [0.2, 0.25) is 0 Å². The van der Waals surface area contributed by atoms with E-state index >= 15 is 0 Å². The molecule has 1 aliphatic rings. The van der Waals surface area contributed by atoms with E-state index in [0.717, 1.165) is 0 Å². The average Bonchev–Trinajstić information content (AvgIpc) is 2.83. The molecule has 0 radical (unpaired) electrons. The highest BCUT2D eigenvalue weighted by molar-refractivity contribution is 5.63. The topological polar surface area (TPSA) is 3.24 Å². The maximum Gasteiger partial charge on any atom is 0.0255 e. The lowest BCUT2D eigenvalue weighted by Gasteiger charge is -2.21. The Labute approximate surface area is 98.8 Å². The third-order valence-corrected chi connectivity index (χ3v) is 3.44. The molecule has 1 aliphatic heterocycles. The van der Waals surface area contributed by atoms with Crippen LogP contribution in [0.2, 0.25) is 0 Å². The summed E-state index contributed by atoms with van der Waals surface area (Å²) < 4.78 is 0. The van der Waals surface area contributed by atoms with E-state index in [0.29, 0.717) is 6.04 Å². The molecule has 1 saturated heterocycles. The normalized spacial score (nSPS) is 20.0. The third kappa shape index (κ3) is 2.73. The largest absolute Gasteiger partial charge is 0.297 e. The van der Waals surface area contributed by atoms with Gasteiger partial charge in [-0.25, -0.2) is 0 Å². The summed E-state index contributed by atoms with van der Waals surface area (Å²) >= 11 is 0. The third-order valence-electron chi connectivity index (χ3n) is 3.44. The van der Waals surface area contributed by atoms with Crippen LogP contribution in [0.5, 0.6) is 0 Å². The zero-order valence-electron chi connectivity index (χ0n) is 10.3. The highest BCUT2D eigenvalue weighted by Gasteiger charge is 2.16. The summed E-state index contributed by atoms with van der Waals surface area (Å²) in [4.78, 5) is 2.56. The van der Waals surface area contributed by atoms with Crippen molar-refractivity contribution in [3.05, 3.63) is 42.0 Å². The minimum atomic E-state index is 0.572. The lowest BCUT2D eigenvalue weighted by molar-refractivity contribution is 0.300. The van der Waals surface area contributed by atoms with Gasteiger partial charge in [-0.15, -0.1) is 0 Å². The van der Waals surface area contributed by atoms with Crippen LogP contribution in [-0.4, -0.2) is 24.0 Å². The minimum Gasteiger partial charge on any atom is -0.297 e. The number of nitrogens with zero attached hydrogens (tertiary/aromatic N) is 1. The smallest absolute Gasteiger partial charge is 0.0255 e. The molecule has 86 valence electrons. The van der Waals surface area contributed by atoms with Crippen LogP contribution in [0.25, 0.3) is 5.57 Å². The molecular formula is C15H21N. The lowest BCUT2D eigenvalue weighted by atomic mass is 10.1. The Balaban J connectivity index is 2.05. The highest BCUT2D eigenvalue weighted by Crippen LogP contribution is 2.18. The Morgan fingerprint density at radius 1 is 1.19 bits per heavy atom. The van der Waals surface area contributed by atoms with E-state index in [1.807, 2.05) is 0 Å². The SMILES string of the molecule is C/C(=C/C(C)N1CCCC1)c1ccccc1. The fourth-order valence-electron chi connectivity index (χ4n) is 2.41. The van der Waals surface area contributed by atoms with Crippen molar-refractivity contribution < 1.29 is 0 Å². The number of likely N-dealkylation sites (tertiary alicyclic amines) is 1. The Kier molecular flexibility index (Phi) is 3.79. The molecule has 1 fully saturated rings. The summed E-state index contributed by atoms with van der Waals surface area (Å²) in [7, 11) is 0. The number of rotatable bonds is 3. The second kappa shape index (κ2) is 5.31. The van der Waals surface area contributed by atoms with Crippen molar-refractivity contribution in [1.29, 1.82) is 0 Å². The van der Waals surface area contributed by atoms with Gasteiger partial charge in [-0.3, -0.25) is 4.90 Å². The molecule has 1 aromatic rings. The van der Waals surface area contributed by atoms with Gasteiger partial charge in [0.15, 0.2) is 0 Å². The fraction of sp³-hybridized carbons (Fsp3) is 0.467. The van der Waals surface area contributed by atoms with E-state index in [1.165, 1.54) is 37.1 Å². The Morgan fingerprint density at radius 2 is 1.81 bits per heavy atom. The van der Waals surface area contributed by atoms with Crippen molar-refractivity contribution in [2.45, 2.75) is 32.7 Å². The van der Waals surface area contributed by atoms with E-state index in [-0.39, 0.29) is 0 Å². The van der Waals surface area contributed by atoms with Gasteiger partial charge in [0.1, 0.15) is 0 Å². The molecule has 0 aromatic heterocycles. The molecule has 1 aromatic carbocycles. The number of hydrogen-bond acceptors (Lipinski definition) is 1. The summed E-state index contributed by atoms with van der Waals surface area (Å²) in [5.74, 6) is 0. The van der Waals surface area contributed by atoms with Gasteiger partial charge >= 0.3 is 0 Å². The van der Waals surface area contributed by atoms with Crippen molar-refractivity contribution in [2.24, 2.45) is 0 Å². The molecule has 2 rings (SSSR count). The zero-order chi connectivity index (χ0) is 11.4. The number of hydrogen-bond donors (Lipinski definition) is 0. The molecule has 0 N–H and O–H groups in total. The zero-order valence-corrected chi connectivity index (χ0v) is 10.3. The van der Waals surface area contributed by atoms with Crippen molar-refractivity contribution in [3.8, 4) is 0 Å². The molecular weight excluding hydrogens is 194 g/mol. The summed E-state index contributed by atoms with van der Waals surface area (Å²) in [6, 6.07) is 11.2. The molecule has 0 spiro atoms. The fourth-order valence-corrected chi connectivity index (χ4v) is 2.41. The average molecular weight is 215 g/mol. The van der Waals surface area contributed by atoms with Crippen LogP contribution in [0, 0.1) is 0 Å². The van der Waals surface area contributed by atoms with Gasteiger partial charge in [0.05, 0.1) is 0 Å². The second-order valence-electron chi connectivity index (χ2n) is 4.70. The van der Waals surface area contributed by atoms with Crippen LogP contribution in [0.3, 0.4) is 0 Å². The van der Waals surface area contributed by atoms with Crippen LogP contribution >= 0.6 is 0 Å². The van der Waals surface area contributed by atoms with Crippen molar-refractivity contribution in [2.75, 3.05) is 13.1 Å². The monoisotopic (exact) mass is 215 g/mol. The van der Waals surface area contributed by atoms with Crippen LogP contribution in [0.4, 0.5) is 0 Å². The lowest BCUT2D eigenvalue weighted by Crippen LogP contribution is -2.28. The molecule has 1 nitrogen and oxygen atoms in total. The van der Waals surface area contributed by atoms with Crippen molar-refractivity contribution in [3.63, 3.8) is 0 Å². The van der Waals surface area contributed by atoms with Crippen LogP contribution in [0.15, 0.2) is 36.4 Å². The maximum absolute atomic E-state index is 2.56. The number of allylic oxidation sites excluding steroid dienone is 1. The van der Waals surface area contributed by atoms with E-state index in [2.05, 4.69) is 55.2 Å². The first-order chi connectivity index (χ1) is 7.77. The van der Waals surface area contributed by atoms with E-state index in [1.54, 1.807) is 0 Å². The van der Waals surface area contributed by atoms with Crippen LogP contribution in [0.1, 0.15) is 32.3 Å². The van der Waals surface area contributed by atoms with Gasteiger partial charge in [0.25, 0.3) is 0 Å². The van der Waals surface area contributed by atoms with Gasteiger partial charge in [-0.1, -0.05) is 36.4 Å². The molecule has 0 bridgehead atoms. The van der Waals surface area contributed by atoms with E-state index < -0.39 is 0 Å². The van der Waals surface area contributed by atoms with Crippen molar-refractivity contribution in [1.82, 2.24) is 4.90 Å². The van der Waals surface area contributed by atoms with Gasteiger partial charge < -0.3 is 0 Å². The summed E-state index contributed by atoms with van der Waals surface area (Å²) in [6.07, 6.45) is 5.12. The maximum atomic E-state index is 2.56. The summed E-state index contributed by atoms with van der Waals surface area (Å²) in [6.45, 7) is 7.04. The Morgan fingerprint density at radius 3 is 2.44 bits per heavy atom. The Bertz CT molecular complexity index is 347. The highest BCUT2D eigenvalue weighted by atomic mass is 15.2. The second-order valence-corrected chi connectivity index (χ2v) is 4.70. The molecule has 1 heteroatoms. The number of benzene rings is 1. The standard InChI is InChI=1S/C15H21N/c1-13(15-8-4-3-5-9-15)12-14(2)16-10-6-7-11-16/h3-5,8-9,12,14H,6-7,10-11H2,1-2H3/b13-12-. The van der Waals surface area contributed by atoms with Crippen molar-refractivity contribution >= 4 is 5.57 Å². The summed E-state index contributed by atoms with van der Waals surface area (Å²) in [5.41, 5.74) is 2.73. The first-order valence-corrected chi connectivity index (χ1v) is 6.25. The van der Waals surface area contributed by atoms with Gasteiger partial charge in [0, 0.05) is 6.04 Å². The first-order valence-electron chi connectivity index (χ1n) is 6.25.